The summed E-state index contributed by atoms with van der Waals surface area (Å²) in [5.41, 5.74) is 0. The van der Waals surface area contributed by atoms with Crippen LogP contribution in [0.4, 0.5) is 5.82 Å². The SMILES string of the molecule is COc1ccc(Oc2nc3sccn3c2[N+](=O)[O-])cc1. The monoisotopic (exact) mass is 291 g/mol. The van der Waals surface area contributed by atoms with Crippen LogP contribution in [-0.4, -0.2) is 21.4 Å². The van der Waals surface area contributed by atoms with E-state index in [1.807, 2.05) is 0 Å². The average Bonchev–Trinajstić information content (AvgIpc) is 2.99. The molecule has 0 atom stereocenters. The van der Waals surface area contributed by atoms with Gasteiger partial charge in [-0.1, -0.05) is 11.3 Å². The van der Waals surface area contributed by atoms with Gasteiger partial charge in [0.25, 0.3) is 4.96 Å². The lowest BCUT2D eigenvalue weighted by Crippen LogP contribution is -1.95. The number of rotatable bonds is 4. The molecule has 0 saturated heterocycles. The van der Waals surface area contributed by atoms with Crippen LogP contribution >= 0.6 is 11.3 Å². The van der Waals surface area contributed by atoms with Crippen molar-refractivity contribution in [3.05, 3.63) is 46.0 Å². The molecule has 0 N–H and O–H groups in total. The fourth-order valence-electron chi connectivity index (χ4n) is 1.74. The fraction of sp³-hybridized carbons (Fsp3) is 0.0833. The number of nitro groups is 1. The van der Waals surface area contributed by atoms with Crippen LogP contribution in [0.1, 0.15) is 0 Å². The molecule has 0 spiro atoms. The molecular weight excluding hydrogens is 282 g/mol. The summed E-state index contributed by atoms with van der Waals surface area (Å²) in [5.74, 6) is 0.932. The maximum Gasteiger partial charge on any atom is 0.393 e. The molecule has 0 bridgehead atoms. The van der Waals surface area contributed by atoms with Crippen LogP contribution in [0.2, 0.25) is 0 Å². The molecule has 0 fully saturated rings. The van der Waals surface area contributed by atoms with Crippen molar-refractivity contribution < 1.29 is 14.4 Å². The average molecular weight is 291 g/mol. The maximum absolute atomic E-state index is 11.1. The second-order valence-electron chi connectivity index (χ2n) is 3.83. The number of benzene rings is 1. The molecule has 20 heavy (non-hydrogen) atoms. The van der Waals surface area contributed by atoms with Crippen LogP contribution in [0.5, 0.6) is 17.4 Å². The molecule has 0 radical (unpaired) electrons. The molecule has 3 aromatic rings. The molecule has 0 aliphatic carbocycles. The van der Waals surface area contributed by atoms with Crippen molar-refractivity contribution in [2.24, 2.45) is 0 Å². The topological polar surface area (TPSA) is 78.9 Å². The van der Waals surface area contributed by atoms with Crippen LogP contribution < -0.4 is 9.47 Å². The summed E-state index contributed by atoms with van der Waals surface area (Å²) in [6.45, 7) is 0. The molecule has 0 amide bonds. The largest absolute Gasteiger partial charge is 0.497 e. The Labute approximate surface area is 117 Å². The number of fused-ring (bicyclic) bond motifs is 1. The Morgan fingerprint density at radius 2 is 2.00 bits per heavy atom. The Morgan fingerprint density at radius 3 is 2.65 bits per heavy atom. The zero-order valence-electron chi connectivity index (χ0n) is 10.3. The molecule has 0 aliphatic heterocycles. The highest BCUT2D eigenvalue weighted by molar-refractivity contribution is 7.15. The Balaban J connectivity index is 1.98. The first-order valence-corrected chi connectivity index (χ1v) is 6.49. The first-order valence-electron chi connectivity index (χ1n) is 5.61. The van der Waals surface area contributed by atoms with Crippen LogP contribution in [0.25, 0.3) is 4.96 Å². The van der Waals surface area contributed by atoms with Crippen molar-refractivity contribution in [2.45, 2.75) is 0 Å². The standard InChI is InChI=1S/C12H9N3O4S/c1-18-8-2-4-9(5-3-8)19-10-11(15(16)17)14-6-7-20-12(14)13-10/h2-7H,1H3. The molecule has 7 nitrogen and oxygen atoms in total. The van der Waals surface area contributed by atoms with Crippen molar-refractivity contribution in [3.63, 3.8) is 0 Å². The van der Waals surface area contributed by atoms with Gasteiger partial charge in [0.05, 0.1) is 7.11 Å². The first-order chi connectivity index (χ1) is 9.69. The fourth-order valence-corrected chi connectivity index (χ4v) is 2.44. The van der Waals surface area contributed by atoms with E-state index < -0.39 is 4.92 Å². The minimum atomic E-state index is -0.508. The third kappa shape index (κ3) is 2.05. The van der Waals surface area contributed by atoms with E-state index in [4.69, 9.17) is 9.47 Å². The first kappa shape index (κ1) is 12.4. The van der Waals surface area contributed by atoms with E-state index >= 15 is 0 Å². The lowest BCUT2D eigenvalue weighted by Gasteiger charge is -2.03. The summed E-state index contributed by atoms with van der Waals surface area (Å²) in [6.07, 6.45) is 1.59. The smallest absolute Gasteiger partial charge is 0.393 e. The number of hydrogen-bond donors (Lipinski definition) is 0. The zero-order valence-corrected chi connectivity index (χ0v) is 11.2. The molecule has 0 unspecified atom stereocenters. The van der Waals surface area contributed by atoms with Gasteiger partial charge in [0.1, 0.15) is 17.7 Å². The Kier molecular flexibility index (Phi) is 2.99. The molecule has 1 aromatic carbocycles. The number of thiazole rings is 1. The molecule has 0 aliphatic rings. The summed E-state index contributed by atoms with van der Waals surface area (Å²) in [5, 5.41) is 12.9. The van der Waals surface area contributed by atoms with Gasteiger partial charge in [-0.05, 0) is 29.2 Å². The van der Waals surface area contributed by atoms with Crippen molar-refractivity contribution in [2.75, 3.05) is 7.11 Å². The molecular formula is C12H9N3O4S. The molecule has 0 saturated carbocycles. The lowest BCUT2D eigenvalue weighted by atomic mass is 10.3. The molecule has 3 rings (SSSR count). The Morgan fingerprint density at radius 1 is 1.30 bits per heavy atom. The van der Waals surface area contributed by atoms with Gasteiger partial charge in [0.15, 0.2) is 0 Å². The third-order valence-electron chi connectivity index (χ3n) is 2.65. The van der Waals surface area contributed by atoms with E-state index in [2.05, 4.69) is 4.98 Å². The van der Waals surface area contributed by atoms with E-state index in [0.29, 0.717) is 16.5 Å². The normalized spacial score (nSPS) is 10.7. The second-order valence-corrected chi connectivity index (χ2v) is 4.70. The number of ether oxygens (including phenoxy) is 2. The van der Waals surface area contributed by atoms with Crippen molar-refractivity contribution in [1.29, 1.82) is 0 Å². The molecule has 2 aromatic heterocycles. The van der Waals surface area contributed by atoms with E-state index in [9.17, 15) is 10.1 Å². The zero-order chi connectivity index (χ0) is 14.1. The summed E-state index contributed by atoms with van der Waals surface area (Å²) in [7, 11) is 1.56. The highest BCUT2D eigenvalue weighted by Gasteiger charge is 2.25. The van der Waals surface area contributed by atoms with Gasteiger partial charge in [-0.25, -0.2) is 0 Å². The molecule has 102 valence electrons. The lowest BCUT2D eigenvalue weighted by molar-refractivity contribution is -0.391. The molecule has 2 heterocycles. The summed E-state index contributed by atoms with van der Waals surface area (Å²) >= 11 is 1.30. The van der Waals surface area contributed by atoms with Gasteiger partial charge >= 0.3 is 11.7 Å². The van der Waals surface area contributed by atoms with Gasteiger partial charge < -0.3 is 19.6 Å². The van der Waals surface area contributed by atoms with Crippen LogP contribution in [0.15, 0.2) is 35.8 Å². The van der Waals surface area contributed by atoms with Crippen molar-refractivity contribution >= 4 is 22.1 Å². The Hall–Kier alpha value is -2.61. The third-order valence-corrected chi connectivity index (χ3v) is 3.41. The van der Waals surface area contributed by atoms with Gasteiger partial charge in [-0.2, -0.15) is 9.38 Å². The van der Waals surface area contributed by atoms with Crippen LogP contribution in [0, 0.1) is 10.1 Å². The van der Waals surface area contributed by atoms with E-state index in [1.54, 1.807) is 43.0 Å². The van der Waals surface area contributed by atoms with Crippen LogP contribution in [0.3, 0.4) is 0 Å². The Bertz CT molecular complexity index is 763. The number of imidazole rings is 1. The van der Waals surface area contributed by atoms with Crippen LogP contribution in [-0.2, 0) is 0 Å². The summed E-state index contributed by atoms with van der Waals surface area (Å²) < 4.78 is 11.9. The van der Waals surface area contributed by atoms with Gasteiger partial charge in [0.2, 0.25) is 0 Å². The highest BCUT2D eigenvalue weighted by Crippen LogP contribution is 2.33. The number of methoxy groups -OCH3 is 1. The maximum atomic E-state index is 11.1. The number of hydrogen-bond acceptors (Lipinski definition) is 6. The highest BCUT2D eigenvalue weighted by atomic mass is 32.1. The van der Waals surface area contributed by atoms with Gasteiger partial charge in [0, 0.05) is 5.38 Å². The van der Waals surface area contributed by atoms with Gasteiger partial charge in [-0.3, -0.25) is 0 Å². The summed E-state index contributed by atoms with van der Waals surface area (Å²) in [6, 6.07) is 6.74. The number of aromatic nitrogens is 2. The number of nitrogens with zero attached hydrogens (tertiary/aromatic N) is 3. The van der Waals surface area contributed by atoms with Gasteiger partial charge in [-0.15, -0.1) is 0 Å². The van der Waals surface area contributed by atoms with E-state index in [0.717, 1.165) is 0 Å². The predicted molar refractivity (Wildman–Crippen MR) is 72.8 cm³/mol. The minimum absolute atomic E-state index is 0.0213. The quantitative estimate of drug-likeness (QED) is 0.545. The van der Waals surface area contributed by atoms with E-state index in [-0.39, 0.29) is 11.7 Å². The van der Waals surface area contributed by atoms with Crippen molar-refractivity contribution in [3.8, 4) is 17.4 Å². The minimum Gasteiger partial charge on any atom is -0.497 e. The summed E-state index contributed by atoms with van der Waals surface area (Å²) in [4.78, 5) is 15.3. The van der Waals surface area contributed by atoms with E-state index in [1.165, 1.54) is 15.7 Å². The van der Waals surface area contributed by atoms with Crippen molar-refractivity contribution in [1.82, 2.24) is 9.38 Å². The predicted octanol–water partition coefficient (Wildman–Crippen LogP) is 3.10. The molecule has 8 heteroatoms. The second kappa shape index (κ2) is 4.82.